The van der Waals surface area contributed by atoms with E-state index in [1.807, 2.05) is 52.1 Å². The quantitative estimate of drug-likeness (QED) is 0.0154. The van der Waals surface area contributed by atoms with Gasteiger partial charge in [-0.05, 0) is 165 Å². The van der Waals surface area contributed by atoms with E-state index in [1.165, 1.54) is 0 Å². The maximum atomic E-state index is 11.8. The van der Waals surface area contributed by atoms with Crippen LogP contribution in [0.25, 0.3) is 0 Å². The Morgan fingerprint density at radius 2 is 0.573 bits per heavy atom. The van der Waals surface area contributed by atoms with Crippen LogP contribution in [-0.2, 0) is 32.5 Å². The molecule has 0 aliphatic carbocycles. The summed E-state index contributed by atoms with van der Waals surface area (Å²) in [5, 5.41) is 19.1. The largest absolute Gasteiger partial charge is 0.382 e. The Morgan fingerprint density at radius 3 is 0.835 bits per heavy atom. The molecule has 103 heavy (non-hydrogen) atoms. The molecule has 0 aliphatic rings. The van der Waals surface area contributed by atoms with Gasteiger partial charge >= 0.3 is 0 Å². The summed E-state index contributed by atoms with van der Waals surface area (Å²) in [7, 11) is 13.9. The van der Waals surface area contributed by atoms with Crippen LogP contribution in [0.5, 0.6) is 0 Å². The van der Waals surface area contributed by atoms with Gasteiger partial charge < -0.3 is 62.1 Å². The fraction of sp³-hybridized carbons (Fsp3) is 0.696. The molecule has 0 radical (unpaired) electrons. The molecule has 0 unspecified atom stereocenters. The van der Waals surface area contributed by atoms with Gasteiger partial charge in [0.1, 0.15) is 0 Å². The van der Waals surface area contributed by atoms with Gasteiger partial charge in [0.2, 0.25) is 32.6 Å². The number of hydrogen-bond donors (Lipinski definition) is 7. The lowest BCUT2D eigenvalue weighted by molar-refractivity contribution is 0.303. The summed E-state index contributed by atoms with van der Waals surface area (Å²) in [6.45, 7) is 57.9. The second-order valence-electron chi connectivity index (χ2n) is 33.3. The lowest BCUT2D eigenvalue weighted by atomic mass is 9.82. The highest BCUT2D eigenvalue weighted by atomic mass is 32.1. The maximum absolute atomic E-state index is 11.8. The van der Waals surface area contributed by atoms with Crippen molar-refractivity contribution >= 4 is 107 Å². The Kier molecular flexibility index (Phi) is 40.3. The summed E-state index contributed by atoms with van der Waals surface area (Å²) in [5.41, 5.74) is 16.0. The Labute approximate surface area is 650 Å². The lowest BCUT2D eigenvalue weighted by Crippen LogP contribution is -2.35. The lowest BCUT2D eigenvalue weighted by Gasteiger charge is -2.30. The summed E-state index contributed by atoms with van der Waals surface area (Å²) in [5.74, 6) is 0. The molecule has 18 nitrogen and oxygen atoms in total. The van der Waals surface area contributed by atoms with E-state index in [-0.39, 0.29) is 65.1 Å². The van der Waals surface area contributed by atoms with Gasteiger partial charge in [-0.25, -0.2) is 0 Å². The highest BCUT2D eigenvalue weighted by molar-refractivity contribution is 7.72. The van der Waals surface area contributed by atoms with Crippen LogP contribution in [-0.4, -0.2) is 162 Å². The highest BCUT2D eigenvalue weighted by Gasteiger charge is 2.33. The summed E-state index contributed by atoms with van der Waals surface area (Å²) < 4.78 is 3.06. The first-order valence-corrected chi connectivity index (χ1v) is 39.3. The van der Waals surface area contributed by atoms with E-state index in [0.29, 0.717) is 33.6 Å². The molecule has 582 valence electrons. The molecule has 0 bridgehead atoms. The SMILES string of the molecule is CCN(C)CCCNc1c(C(C)(C)C)c(=S)c1=O.CCN(CC)CCCNc1c(C(C)(C)C)c(=S)c1=O.CN(C)CCCNc1c(C(C)(C)C)c(=S)c1=O.CN(CCCN)c1c(C(C)(C)C)c(=S)c1=O.CNCCCN(C)c1c(C(C)(C)C)c(=S)c1=O.CNCCCNc1c(C(C)(C)C)c(=S)c1=O. The van der Waals surface area contributed by atoms with Crippen molar-refractivity contribution < 1.29 is 0 Å². The number of nitrogens with one attached hydrogen (secondary N) is 6. The average molecular weight is 1540 g/mol. The number of nitrogens with two attached hydrogens (primary N) is 1. The predicted molar refractivity (Wildman–Crippen MR) is 462 cm³/mol. The van der Waals surface area contributed by atoms with E-state index in [9.17, 15) is 28.8 Å². The molecule has 0 aromatic heterocycles. The standard InChI is InChI=1S/C15H26N2OS.C14H24N2OS.2C13H22N2OS.2C12H20N2OS/c1-6-17(7-2)10-8-9-16-12-11(15(3,4)5)14(19)13(12)18;1-6-16(5)9-7-8-15-11-10(14(2,3)4)13(18)12(11)17;1-13(2,3)9-10(11(16)12(9)17)14-7-6-8-15(4)5;1-13(2,3)9-10(11(16)12(9)17)15(5)8-6-7-14-4;1-12(2,3)8-9(10(15)11(8)16)14(4)7-5-6-13;1-12(2,3)8-9(10(15)11(8)16)14-7-5-6-13-4/h16H,6-10H2,1-5H3;15H,6-9H2,1-5H3;2*14H,6-8H2,1-5H3;5-7,13H2,1-4H3;13-14H,5-7H2,1-4H3. The molecule has 0 aliphatic heterocycles. The third-order valence-electron chi connectivity index (χ3n) is 17.7. The van der Waals surface area contributed by atoms with Crippen LogP contribution in [0.4, 0.5) is 34.1 Å². The van der Waals surface area contributed by atoms with Crippen LogP contribution >= 0.6 is 73.3 Å². The molecule has 0 saturated carbocycles. The molecule has 24 heteroatoms. The van der Waals surface area contributed by atoms with Gasteiger partial charge in [-0.15, -0.1) is 0 Å². The normalized spacial score (nSPS) is 12.2. The second kappa shape index (κ2) is 42.9. The zero-order chi connectivity index (χ0) is 79.8. The van der Waals surface area contributed by atoms with Gasteiger partial charge in [0.25, 0.3) is 0 Å². The van der Waals surface area contributed by atoms with Crippen molar-refractivity contribution in [2.45, 2.75) is 216 Å². The Morgan fingerprint density at radius 1 is 0.320 bits per heavy atom. The molecule has 8 N–H and O–H groups in total. The van der Waals surface area contributed by atoms with Crippen LogP contribution in [0.1, 0.15) is 217 Å². The van der Waals surface area contributed by atoms with E-state index in [1.54, 1.807) is 0 Å². The van der Waals surface area contributed by atoms with E-state index >= 15 is 0 Å². The fourth-order valence-corrected chi connectivity index (χ4v) is 14.9. The molecule has 6 rings (SSSR count). The fourth-order valence-electron chi connectivity index (χ4n) is 11.9. The van der Waals surface area contributed by atoms with Crippen LogP contribution in [0.3, 0.4) is 0 Å². The van der Waals surface area contributed by atoms with Crippen LogP contribution < -0.4 is 80.0 Å². The van der Waals surface area contributed by atoms with Crippen molar-refractivity contribution in [3.8, 4) is 0 Å². The molecule has 6 aromatic rings. The van der Waals surface area contributed by atoms with Crippen molar-refractivity contribution in [1.82, 2.24) is 25.3 Å². The van der Waals surface area contributed by atoms with Gasteiger partial charge in [0.05, 0.1) is 61.2 Å². The second-order valence-corrected chi connectivity index (χ2v) is 35.7. The topological polar surface area (TPSA) is 217 Å². The summed E-state index contributed by atoms with van der Waals surface area (Å²) >= 11 is 30.8. The zero-order valence-electron chi connectivity index (χ0n) is 68.6. The number of rotatable bonds is 32. The third kappa shape index (κ3) is 28.3. The monoisotopic (exact) mass is 1540 g/mol. The molecule has 0 spiro atoms. The van der Waals surface area contributed by atoms with Gasteiger partial charge in [-0.1, -0.05) is 219 Å². The van der Waals surface area contributed by atoms with Gasteiger partial charge in [0, 0.05) is 86.7 Å². The Hall–Kier alpha value is -4.44. The number of anilines is 6. The smallest absolute Gasteiger partial charge is 0.220 e. The first-order chi connectivity index (χ1) is 47.4. The first kappa shape index (κ1) is 96.6. The van der Waals surface area contributed by atoms with Crippen molar-refractivity contribution in [2.24, 2.45) is 5.73 Å². The minimum absolute atomic E-state index is 0.00406. The molecule has 0 heterocycles. The molecule has 0 fully saturated rings. The van der Waals surface area contributed by atoms with Gasteiger partial charge in [-0.2, -0.15) is 0 Å². The molecular weight excluding hydrogens is 1410 g/mol. The Balaban J connectivity index is 0.000000619. The summed E-state index contributed by atoms with van der Waals surface area (Å²) in [6, 6.07) is 0. The van der Waals surface area contributed by atoms with Crippen molar-refractivity contribution in [2.75, 3.05) is 179 Å². The molecule has 0 amide bonds. The van der Waals surface area contributed by atoms with Crippen molar-refractivity contribution in [3.05, 3.63) is 122 Å². The number of hydrogen-bond acceptors (Lipinski definition) is 24. The average Bonchev–Trinajstić information content (AvgIpc) is 0.780. The van der Waals surface area contributed by atoms with E-state index in [0.717, 1.165) is 198 Å². The van der Waals surface area contributed by atoms with E-state index in [2.05, 4.69) is 199 Å². The minimum atomic E-state index is -0.0582. The zero-order valence-corrected chi connectivity index (χ0v) is 73.5. The van der Waals surface area contributed by atoms with Crippen molar-refractivity contribution in [3.63, 3.8) is 0 Å². The summed E-state index contributed by atoms with van der Waals surface area (Å²) in [6.07, 6.45) is 6.00. The van der Waals surface area contributed by atoms with E-state index in [4.69, 9.17) is 79.0 Å². The molecule has 0 atom stereocenters. The number of nitrogens with zero attached hydrogens (tertiary/aromatic N) is 5. The molecule has 0 saturated heterocycles. The predicted octanol–water partition coefficient (Wildman–Crippen LogP) is 13.8. The van der Waals surface area contributed by atoms with Crippen LogP contribution in [0.15, 0.2) is 28.8 Å². The molecule has 6 aromatic carbocycles. The highest BCUT2D eigenvalue weighted by Crippen LogP contribution is 2.36. The molecular formula is C79H134N12O6S6. The van der Waals surface area contributed by atoms with E-state index < -0.39 is 0 Å². The third-order valence-corrected chi connectivity index (χ3v) is 20.0. The minimum Gasteiger partial charge on any atom is -0.382 e. The van der Waals surface area contributed by atoms with Gasteiger partial charge in [0.15, 0.2) is 0 Å². The Bertz CT molecular complexity index is 4060. The maximum Gasteiger partial charge on any atom is 0.220 e. The first-order valence-electron chi connectivity index (χ1n) is 36.8. The van der Waals surface area contributed by atoms with Crippen LogP contribution in [0.2, 0.25) is 0 Å². The summed E-state index contributed by atoms with van der Waals surface area (Å²) in [4.78, 5) is 81.2. The van der Waals surface area contributed by atoms with Gasteiger partial charge in [-0.3, -0.25) is 28.8 Å². The van der Waals surface area contributed by atoms with Crippen LogP contribution in [0, 0.1) is 27.1 Å². The van der Waals surface area contributed by atoms with Crippen molar-refractivity contribution in [1.29, 1.82) is 0 Å².